The smallest absolute Gasteiger partial charge is 0.280 e. The van der Waals surface area contributed by atoms with Gasteiger partial charge in [0, 0.05) is 38.0 Å². The first kappa shape index (κ1) is 17.7. The normalized spacial score (nSPS) is 22.3. The maximum atomic E-state index is 12.1. The van der Waals surface area contributed by atoms with Gasteiger partial charge in [-0.3, -0.25) is 9.59 Å². The molecule has 0 spiro atoms. The summed E-state index contributed by atoms with van der Waals surface area (Å²) in [6, 6.07) is 1.14. The Morgan fingerprint density at radius 1 is 1.48 bits per heavy atom. The highest BCUT2D eigenvalue weighted by atomic mass is 32.2. The summed E-state index contributed by atoms with van der Waals surface area (Å²) in [4.78, 5) is 23.0. The molecule has 0 bridgehead atoms. The first-order chi connectivity index (χ1) is 10.8. The Balaban J connectivity index is 1.91. The summed E-state index contributed by atoms with van der Waals surface area (Å²) in [6.45, 7) is 2.80. The van der Waals surface area contributed by atoms with Crippen molar-refractivity contribution in [1.82, 2.24) is 14.8 Å². The Labute approximate surface area is 135 Å². The topological polar surface area (TPSA) is 112 Å². The van der Waals surface area contributed by atoms with Gasteiger partial charge in [0.1, 0.15) is 5.76 Å². The maximum Gasteiger partial charge on any atom is 0.280 e. The number of amides is 1. The molecule has 23 heavy (non-hydrogen) atoms. The van der Waals surface area contributed by atoms with Crippen LogP contribution in [0.5, 0.6) is 0 Å². The van der Waals surface area contributed by atoms with E-state index < -0.39 is 10.0 Å². The van der Waals surface area contributed by atoms with Crippen LogP contribution in [0.25, 0.3) is 0 Å². The molecule has 2 N–H and O–H groups in total. The van der Waals surface area contributed by atoms with Crippen molar-refractivity contribution in [3.8, 4) is 0 Å². The van der Waals surface area contributed by atoms with E-state index >= 15 is 0 Å². The van der Waals surface area contributed by atoms with Crippen LogP contribution in [0.4, 0.5) is 0 Å². The minimum Gasteiger partial charge on any atom is -0.384 e. The Hall–Kier alpha value is -1.61. The van der Waals surface area contributed by atoms with Crippen molar-refractivity contribution in [3.05, 3.63) is 22.2 Å². The quantitative estimate of drug-likeness (QED) is 0.726. The van der Waals surface area contributed by atoms with Crippen LogP contribution < -0.4 is 10.9 Å². The van der Waals surface area contributed by atoms with Gasteiger partial charge in [-0.15, -0.1) is 0 Å². The van der Waals surface area contributed by atoms with Gasteiger partial charge in [-0.1, -0.05) is 13.3 Å². The molecule has 1 aromatic rings. The molecule has 1 aliphatic heterocycles. The van der Waals surface area contributed by atoms with E-state index in [9.17, 15) is 18.0 Å². The molecule has 130 valence electrons. The Kier molecular flexibility index (Phi) is 5.64. The number of hydrogen-bond donors (Lipinski definition) is 2. The van der Waals surface area contributed by atoms with E-state index in [0.29, 0.717) is 25.3 Å². The summed E-state index contributed by atoms with van der Waals surface area (Å²) in [5, 5.41) is 5.09. The predicted molar refractivity (Wildman–Crippen MR) is 84.4 cm³/mol. The molecule has 1 aliphatic rings. The Morgan fingerprint density at radius 2 is 2.22 bits per heavy atom. The molecule has 0 unspecified atom stereocenters. The third kappa shape index (κ3) is 4.93. The van der Waals surface area contributed by atoms with Crippen LogP contribution in [-0.2, 0) is 21.2 Å². The average molecular weight is 345 g/mol. The zero-order chi connectivity index (χ0) is 17.0. The van der Waals surface area contributed by atoms with E-state index in [1.54, 1.807) is 0 Å². The number of carbonyl (C=O) groups excluding carboxylic acids is 1. The van der Waals surface area contributed by atoms with E-state index in [1.807, 2.05) is 6.92 Å². The number of sulfonamides is 1. The number of H-pyrrole nitrogens is 1. The molecule has 9 heteroatoms. The lowest BCUT2D eigenvalue weighted by Gasteiger charge is -2.19. The molecule has 1 aromatic heterocycles. The fraction of sp³-hybridized carbons (Fsp3) is 0.714. The number of aromatic amines is 1. The van der Waals surface area contributed by atoms with Gasteiger partial charge < -0.3 is 9.84 Å². The van der Waals surface area contributed by atoms with Crippen LogP contribution in [0.3, 0.4) is 0 Å². The number of aryl methyl sites for hydroxylation is 1. The number of nitrogens with zero attached hydrogens (tertiary/aromatic N) is 1. The van der Waals surface area contributed by atoms with Gasteiger partial charge in [-0.2, -0.15) is 9.46 Å². The first-order valence-electron chi connectivity index (χ1n) is 7.71. The molecule has 2 atom stereocenters. The Bertz CT molecular complexity index is 693. The second-order valence-corrected chi connectivity index (χ2v) is 7.96. The molecule has 1 saturated heterocycles. The molecule has 2 heterocycles. The van der Waals surface area contributed by atoms with Gasteiger partial charge in [0.15, 0.2) is 0 Å². The SMILES string of the molecule is CCC[C@H]1CN(S(C)(=O)=O)C[C@@H]1NC(=O)CCc1cc(=O)[nH]o1. The van der Waals surface area contributed by atoms with Gasteiger partial charge >= 0.3 is 0 Å². The molecular formula is C14H23N3O5S. The van der Waals surface area contributed by atoms with Crippen LogP contribution >= 0.6 is 0 Å². The summed E-state index contributed by atoms with van der Waals surface area (Å²) < 4.78 is 29.7. The van der Waals surface area contributed by atoms with Gasteiger partial charge in [0.05, 0.1) is 6.26 Å². The number of nitrogens with one attached hydrogen (secondary N) is 2. The second-order valence-electron chi connectivity index (χ2n) is 5.98. The van der Waals surface area contributed by atoms with Gasteiger partial charge in [0.25, 0.3) is 5.56 Å². The second kappa shape index (κ2) is 7.31. The van der Waals surface area contributed by atoms with Gasteiger partial charge in [-0.05, 0) is 12.3 Å². The van der Waals surface area contributed by atoms with Crippen molar-refractivity contribution < 1.29 is 17.7 Å². The van der Waals surface area contributed by atoms with Crippen LogP contribution in [0.2, 0.25) is 0 Å². The van der Waals surface area contributed by atoms with Crippen LogP contribution in [0.1, 0.15) is 31.9 Å². The van der Waals surface area contributed by atoms with Crippen molar-refractivity contribution in [2.75, 3.05) is 19.3 Å². The highest BCUT2D eigenvalue weighted by molar-refractivity contribution is 7.88. The predicted octanol–water partition coefficient (Wildman–Crippen LogP) is 0.0768. The number of carbonyl (C=O) groups is 1. The van der Waals surface area contributed by atoms with Gasteiger partial charge in [0.2, 0.25) is 15.9 Å². The van der Waals surface area contributed by atoms with Crippen LogP contribution in [0, 0.1) is 5.92 Å². The lowest BCUT2D eigenvalue weighted by Crippen LogP contribution is -2.41. The lowest BCUT2D eigenvalue weighted by molar-refractivity contribution is -0.122. The molecule has 0 radical (unpaired) electrons. The molecule has 2 rings (SSSR count). The average Bonchev–Trinajstić information content (AvgIpc) is 3.04. The largest absolute Gasteiger partial charge is 0.384 e. The summed E-state index contributed by atoms with van der Waals surface area (Å²) in [5.74, 6) is 0.388. The fourth-order valence-electron chi connectivity index (χ4n) is 2.89. The molecule has 1 amide bonds. The van der Waals surface area contributed by atoms with Crippen LogP contribution in [0.15, 0.2) is 15.4 Å². The summed E-state index contributed by atoms with van der Waals surface area (Å²) in [6.07, 6.45) is 3.50. The minimum absolute atomic E-state index is 0.129. The van der Waals surface area contributed by atoms with Crippen molar-refractivity contribution >= 4 is 15.9 Å². The zero-order valence-electron chi connectivity index (χ0n) is 13.4. The highest BCUT2D eigenvalue weighted by Crippen LogP contribution is 2.23. The van der Waals surface area contributed by atoms with Gasteiger partial charge in [-0.25, -0.2) is 8.42 Å². The molecule has 0 aliphatic carbocycles. The minimum atomic E-state index is -3.25. The molecule has 0 saturated carbocycles. The number of hydrogen-bond acceptors (Lipinski definition) is 5. The van der Waals surface area contributed by atoms with E-state index in [4.69, 9.17) is 4.52 Å². The first-order valence-corrected chi connectivity index (χ1v) is 9.56. The van der Waals surface area contributed by atoms with Crippen molar-refractivity contribution in [2.45, 2.75) is 38.6 Å². The van der Waals surface area contributed by atoms with E-state index in [1.165, 1.54) is 16.6 Å². The standard InChI is InChI=1S/C14H23N3O5S/c1-3-4-10-8-17(23(2,20)21)9-12(10)15-13(18)6-5-11-7-14(19)16-22-11/h7,10,12H,3-6,8-9H2,1-2H3,(H,15,18)(H,16,19)/t10-,12-/m0/s1. The van der Waals surface area contributed by atoms with E-state index in [-0.39, 0.29) is 29.8 Å². The van der Waals surface area contributed by atoms with Crippen molar-refractivity contribution in [1.29, 1.82) is 0 Å². The number of aromatic nitrogens is 1. The lowest BCUT2D eigenvalue weighted by atomic mass is 9.98. The summed E-state index contributed by atoms with van der Waals surface area (Å²) in [7, 11) is -3.25. The monoisotopic (exact) mass is 345 g/mol. The summed E-state index contributed by atoms with van der Waals surface area (Å²) in [5.41, 5.74) is -0.331. The zero-order valence-corrected chi connectivity index (χ0v) is 14.2. The summed E-state index contributed by atoms with van der Waals surface area (Å²) >= 11 is 0. The molecule has 1 fully saturated rings. The number of rotatable bonds is 7. The molecule has 8 nitrogen and oxygen atoms in total. The Morgan fingerprint density at radius 3 is 2.78 bits per heavy atom. The molecular weight excluding hydrogens is 322 g/mol. The van der Waals surface area contributed by atoms with Crippen molar-refractivity contribution in [2.24, 2.45) is 5.92 Å². The maximum absolute atomic E-state index is 12.1. The highest BCUT2D eigenvalue weighted by Gasteiger charge is 2.37. The fourth-order valence-corrected chi connectivity index (χ4v) is 3.78. The van der Waals surface area contributed by atoms with Crippen molar-refractivity contribution in [3.63, 3.8) is 0 Å². The third-order valence-electron chi connectivity index (χ3n) is 4.06. The third-order valence-corrected chi connectivity index (χ3v) is 5.29. The van der Waals surface area contributed by atoms with E-state index in [0.717, 1.165) is 12.8 Å². The van der Waals surface area contributed by atoms with Crippen LogP contribution in [-0.4, -0.2) is 49.2 Å². The van der Waals surface area contributed by atoms with E-state index in [2.05, 4.69) is 10.5 Å². The molecule has 0 aromatic carbocycles.